The van der Waals surface area contributed by atoms with Gasteiger partial charge in [-0.25, -0.2) is 4.79 Å². The molecule has 1 aliphatic heterocycles. The highest BCUT2D eigenvalue weighted by Gasteiger charge is 2.39. The molecule has 0 saturated carbocycles. The summed E-state index contributed by atoms with van der Waals surface area (Å²) in [6, 6.07) is 8.78. The number of hydrogen-bond acceptors (Lipinski definition) is 5. The molecule has 0 spiro atoms. The lowest BCUT2D eigenvalue weighted by Crippen LogP contribution is -2.37. The predicted octanol–water partition coefficient (Wildman–Crippen LogP) is 1.51. The number of benzene rings is 1. The van der Waals surface area contributed by atoms with Crippen molar-refractivity contribution in [2.24, 2.45) is 5.73 Å². The zero-order valence-corrected chi connectivity index (χ0v) is 12.3. The zero-order valence-electron chi connectivity index (χ0n) is 12.3. The first-order valence-electron chi connectivity index (χ1n) is 7.29. The standard InChI is InChI=1S/C17H15N3O3/c18-8-9-4-1-2-5-10(9)13-14-11(6-3-7-12(14)21)20-16(19)15(13)17(22)23/h1-2,4-5,13,20H,3,6-7,19H2,(H,22,23). The molecule has 1 unspecified atom stereocenters. The third-order valence-corrected chi connectivity index (χ3v) is 4.23. The lowest BCUT2D eigenvalue weighted by Gasteiger charge is -2.33. The number of ketones is 1. The quantitative estimate of drug-likeness (QED) is 0.762. The number of aliphatic carboxylic acids is 1. The molecule has 1 aromatic carbocycles. The number of carboxylic acid groups (broad SMARTS) is 1. The number of carbonyl (C=O) groups excluding carboxylic acids is 1. The van der Waals surface area contributed by atoms with Gasteiger partial charge in [0.15, 0.2) is 5.78 Å². The first-order valence-corrected chi connectivity index (χ1v) is 7.29. The molecule has 1 aliphatic carbocycles. The number of nitrogens with one attached hydrogen (secondary N) is 1. The molecule has 1 atom stereocenters. The van der Waals surface area contributed by atoms with Crippen LogP contribution in [0.15, 0.2) is 46.9 Å². The number of nitrogens with two attached hydrogens (primary N) is 1. The summed E-state index contributed by atoms with van der Waals surface area (Å²) >= 11 is 0. The van der Waals surface area contributed by atoms with Gasteiger partial charge in [-0.2, -0.15) is 5.26 Å². The van der Waals surface area contributed by atoms with E-state index in [1.165, 1.54) is 0 Å². The Morgan fingerprint density at radius 1 is 1.35 bits per heavy atom. The maximum absolute atomic E-state index is 12.4. The third-order valence-electron chi connectivity index (χ3n) is 4.23. The summed E-state index contributed by atoms with van der Waals surface area (Å²) in [5, 5.41) is 21.8. The van der Waals surface area contributed by atoms with E-state index in [2.05, 4.69) is 11.4 Å². The molecule has 0 radical (unpaired) electrons. The van der Waals surface area contributed by atoms with E-state index in [1.54, 1.807) is 24.3 Å². The summed E-state index contributed by atoms with van der Waals surface area (Å²) in [4.78, 5) is 24.2. The molecular formula is C17H15N3O3. The molecule has 0 saturated heterocycles. The Morgan fingerprint density at radius 2 is 2.09 bits per heavy atom. The van der Waals surface area contributed by atoms with Gasteiger partial charge in [-0.3, -0.25) is 4.79 Å². The minimum atomic E-state index is -1.20. The van der Waals surface area contributed by atoms with E-state index in [-0.39, 0.29) is 17.2 Å². The molecule has 3 rings (SSSR count). The van der Waals surface area contributed by atoms with Crippen molar-refractivity contribution in [3.63, 3.8) is 0 Å². The van der Waals surface area contributed by atoms with E-state index < -0.39 is 11.9 Å². The van der Waals surface area contributed by atoms with Crippen molar-refractivity contribution in [3.05, 3.63) is 58.1 Å². The van der Waals surface area contributed by atoms with Crippen LogP contribution < -0.4 is 11.1 Å². The van der Waals surface area contributed by atoms with E-state index in [4.69, 9.17) is 5.73 Å². The van der Waals surface area contributed by atoms with Crippen LogP contribution in [0.3, 0.4) is 0 Å². The van der Waals surface area contributed by atoms with Crippen molar-refractivity contribution in [2.45, 2.75) is 25.2 Å². The first-order chi connectivity index (χ1) is 11.0. The number of rotatable bonds is 2. The molecule has 116 valence electrons. The minimum Gasteiger partial charge on any atom is -0.478 e. The van der Waals surface area contributed by atoms with Gasteiger partial charge in [0.05, 0.1) is 23.1 Å². The van der Waals surface area contributed by atoms with E-state index in [0.29, 0.717) is 41.7 Å². The monoisotopic (exact) mass is 309 g/mol. The third kappa shape index (κ3) is 2.36. The second-order valence-corrected chi connectivity index (χ2v) is 5.56. The van der Waals surface area contributed by atoms with Crippen LogP contribution in [0.4, 0.5) is 0 Å². The molecule has 6 nitrogen and oxygen atoms in total. The number of nitrogens with zero attached hydrogens (tertiary/aromatic N) is 1. The average Bonchev–Trinajstić information content (AvgIpc) is 2.53. The zero-order chi connectivity index (χ0) is 16.6. The highest BCUT2D eigenvalue weighted by molar-refractivity contribution is 6.03. The van der Waals surface area contributed by atoms with Gasteiger partial charge in [-0.1, -0.05) is 18.2 Å². The first kappa shape index (κ1) is 14.9. The number of carboxylic acids is 1. The summed E-state index contributed by atoms with van der Waals surface area (Å²) in [5.74, 6) is -2.07. The molecule has 0 bridgehead atoms. The molecule has 1 heterocycles. The number of nitriles is 1. The molecule has 0 aromatic heterocycles. The predicted molar refractivity (Wildman–Crippen MR) is 81.8 cm³/mol. The fraction of sp³-hybridized carbons (Fsp3) is 0.235. The van der Waals surface area contributed by atoms with Gasteiger partial charge >= 0.3 is 5.97 Å². The van der Waals surface area contributed by atoms with Crippen molar-refractivity contribution >= 4 is 11.8 Å². The Hall–Kier alpha value is -3.07. The smallest absolute Gasteiger partial charge is 0.336 e. The topological polar surface area (TPSA) is 116 Å². The maximum atomic E-state index is 12.4. The molecule has 4 N–H and O–H groups in total. The summed E-state index contributed by atoms with van der Waals surface area (Å²) in [7, 11) is 0. The lowest BCUT2D eigenvalue weighted by atomic mass is 9.75. The van der Waals surface area contributed by atoms with Gasteiger partial charge < -0.3 is 16.2 Å². The van der Waals surface area contributed by atoms with E-state index in [9.17, 15) is 20.0 Å². The van der Waals surface area contributed by atoms with Crippen LogP contribution in [0.2, 0.25) is 0 Å². The van der Waals surface area contributed by atoms with Gasteiger partial charge in [0.1, 0.15) is 5.82 Å². The molecule has 0 fully saturated rings. The molecular weight excluding hydrogens is 294 g/mol. The van der Waals surface area contributed by atoms with Gasteiger partial charge in [0.2, 0.25) is 0 Å². The highest BCUT2D eigenvalue weighted by Crippen LogP contribution is 2.42. The summed E-state index contributed by atoms with van der Waals surface area (Å²) in [5.41, 5.74) is 7.76. The number of carbonyl (C=O) groups is 2. The van der Waals surface area contributed by atoms with E-state index in [1.807, 2.05) is 0 Å². The van der Waals surface area contributed by atoms with Crippen LogP contribution >= 0.6 is 0 Å². The van der Waals surface area contributed by atoms with Crippen LogP contribution in [-0.2, 0) is 9.59 Å². The van der Waals surface area contributed by atoms with Gasteiger partial charge in [-0.05, 0) is 24.5 Å². The minimum absolute atomic E-state index is 0.0312. The number of hydrogen-bond donors (Lipinski definition) is 3. The van der Waals surface area contributed by atoms with Crippen molar-refractivity contribution in [1.82, 2.24) is 5.32 Å². The van der Waals surface area contributed by atoms with Crippen molar-refractivity contribution < 1.29 is 14.7 Å². The van der Waals surface area contributed by atoms with Crippen LogP contribution in [0, 0.1) is 11.3 Å². The van der Waals surface area contributed by atoms with E-state index in [0.717, 1.165) is 0 Å². The fourth-order valence-corrected chi connectivity index (χ4v) is 3.26. The molecule has 6 heteroatoms. The Kier molecular flexibility index (Phi) is 3.62. The Morgan fingerprint density at radius 3 is 2.78 bits per heavy atom. The van der Waals surface area contributed by atoms with Crippen LogP contribution in [0.25, 0.3) is 0 Å². The van der Waals surface area contributed by atoms with Gasteiger partial charge in [0, 0.05) is 17.7 Å². The van der Waals surface area contributed by atoms with Crippen molar-refractivity contribution in [3.8, 4) is 6.07 Å². The molecule has 23 heavy (non-hydrogen) atoms. The lowest BCUT2D eigenvalue weighted by molar-refractivity contribution is -0.133. The van der Waals surface area contributed by atoms with Gasteiger partial charge in [0.25, 0.3) is 0 Å². The average molecular weight is 309 g/mol. The van der Waals surface area contributed by atoms with E-state index >= 15 is 0 Å². The normalized spacial score (nSPS) is 20.7. The molecule has 0 amide bonds. The summed E-state index contributed by atoms with van der Waals surface area (Å²) in [6.07, 6.45) is 1.71. The maximum Gasteiger partial charge on any atom is 0.336 e. The number of dihydropyridines is 1. The fourth-order valence-electron chi connectivity index (χ4n) is 3.26. The highest BCUT2D eigenvalue weighted by atomic mass is 16.4. The molecule has 1 aromatic rings. The summed E-state index contributed by atoms with van der Waals surface area (Å²) in [6.45, 7) is 0. The van der Waals surface area contributed by atoms with Gasteiger partial charge in [-0.15, -0.1) is 0 Å². The Labute approximate surface area is 132 Å². The van der Waals surface area contributed by atoms with Crippen LogP contribution in [-0.4, -0.2) is 16.9 Å². The largest absolute Gasteiger partial charge is 0.478 e. The Bertz CT molecular complexity index is 815. The van der Waals surface area contributed by atoms with Crippen molar-refractivity contribution in [2.75, 3.05) is 0 Å². The SMILES string of the molecule is N#Cc1ccccc1C1C(C(=O)O)=C(N)NC2=C1C(=O)CCC2. The Balaban J connectivity index is 2.27. The second kappa shape index (κ2) is 5.61. The molecule has 2 aliphatic rings. The second-order valence-electron chi connectivity index (χ2n) is 5.56. The van der Waals surface area contributed by atoms with Crippen LogP contribution in [0.5, 0.6) is 0 Å². The number of Topliss-reactive ketones (excluding diaryl/α,β-unsaturated/α-hetero) is 1. The van der Waals surface area contributed by atoms with Crippen LogP contribution in [0.1, 0.15) is 36.3 Å². The number of allylic oxidation sites excluding steroid dienone is 2. The van der Waals surface area contributed by atoms with Crippen molar-refractivity contribution in [1.29, 1.82) is 5.26 Å². The summed E-state index contributed by atoms with van der Waals surface area (Å²) < 4.78 is 0.